The van der Waals surface area contributed by atoms with Gasteiger partial charge in [-0.15, -0.1) is 0 Å². The smallest absolute Gasteiger partial charge is 0.287 e. The number of carbonyl (C=O) groups is 1. The molecule has 0 bridgehead atoms. The first kappa shape index (κ1) is 13.4. The molecule has 2 aromatic carbocycles. The molecule has 0 unspecified atom stereocenters. The highest BCUT2D eigenvalue weighted by atomic mass is 19.3. The SMILES string of the molecule is Cc1cccc(CC(F)(F)C(=O)c2ccccc2)c1. The van der Waals surface area contributed by atoms with Crippen LogP contribution in [0.25, 0.3) is 0 Å². The summed E-state index contributed by atoms with van der Waals surface area (Å²) in [6, 6.07) is 14.5. The highest BCUT2D eigenvalue weighted by Gasteiger charge is 2.39. The average Bonchev–Trinajstić information content (AvgIpc) is 2.38. The number of aryl methyl sites for hydroxylation is 1. The molecule has 19 heavy (non-hydrogen) atoms. The minimum absolute atomic E-state index is 0.0418. The normalized spacial score (nSPS) is 11.3. The summed E-state index contributed by atoms with van der Waals surface area (Å²) < 4.78 is 27.9. The number of benzene rings is 2. The molecule has 0 fully saturated rings. The molecule has 0 radical (unpaired) electrons. The molecule has 98 valence electrons. The molecule has 0 aromatic heterocycles. The average molecular weight is 260 g/mol. The number of ketones is 1. The molecule has 0 spiro atoms. The highest BCUT2D eigenvalue weighted by molar-refractivity contribution is 6.01. The van der Waals surface area contributed by atoms with E-state index >= 15 is 0 Å². The molecular weight excluding hydrogens is 246 g/mol. The molecule has 0 saturated heterocycles. The molecule has 0 aliphatic carbocycles. The second-order valence-corrected chi connectivity index (χ2v) is 4.57. The van der Waals surface area contributed by atoms with Crippen molar-refractivity contribution in [2.45, 2.75) is 19.3 Å². The van der Waals surface area contributed by atoms with E-state index in [-0.39, 0.29) is 5.56 Å². The second kappa shape index (κ2) is 5.31. The van der Waals surface area contributed by atoms with Gasteiger partial charge >= 0.3 is 5.92 Å². The molecule has 2 rings (SSSR count). The lowest BCUT2D eigenvalue weighted by molar-refractivity contribution is 0.0106. The summed E-state index contributed by atoms with van der Waals surface area (Å²) in [6.07, 6.45) is -0.567. The van der Waals surface area contributed by atoms with Crippen molar-refractivity contribution in [3.05, 3.63) is 71.3 Å². The Labute approximate surface area is 110 Å². The van der Waals surface area contributed by atoms with Crippen molar-refractivity contribution >= 4 is 5.78 Å². The molecule has 0 saturated carbocycles. The van der Waals surface area contributed by atoms with E-state index in [1.807, 2.05) is 13.0 Å². The Hall–Kier alpha value is -2.03. The predicted octanol–water partition coefficient (Wildman–Crippen LogP) is 4.06. The van der Waals surface area contributed by atoms with Gasteiger partial charge in [0.15, 0.2) is 0 Å². The number of alkyl halides is 2. The maximum atomic E-state index is 14.0. The van der Waals surface area contributed by atoms with Crippen molar-refractivity contribution in [2.75, 3.05) is 0 Å². The van der Waals surface area contributed by atoms with Gasteiger partial charge in [0, 0.05) is 12.0 Å². The van der Waals surface area contributed by atoms with E-state index in [9.17, 15) is 13.6 Å². The molecule has 3 heteroatoms. The maximum absolute atomic E-state index is 14.0. The van der Waals surface area contributed by atoms with Crippen LogP contribution in [0.3, 0.4) is 0 Å². The number of carbonyl (C=O) groups excluding carboxylic acids is 1. The van der Waals surface area contributed by atoms with Crippen LogP contribution in [-0.2, 0) is 6.42 Å². The van der Waals surface area contributed by atoms with Crippen molar-refractivity contribution in [1.29, 1.82) is 0 Å². The Kier molecular flexibility index (Phi) is 3.74. The van der Waals surface area contributed by atoms with Gasteiger partial charge in [-0.2, -0.15) is 8.78 Å². The minimum Gasteiger partial charge on any atom is -0.287 e. The molecule has 0 N–H and O–H groups in total. The lowest BCUT2D eigenvalue weighted by atomic mass is 9.98. The van der Waals surface area contributed by atoms with Crippen LogP contribution in [0.4, 0.5) is 8.78 Å². The van der Waals surface area contributed by atoms with Gasteiger partial charge in [-0.1, -0.05) is 60.2 Å². The third kappa shape index (κ3) is 3.25. The fraction of sp³-hybridized carbons (Fsp3) is 0.188. The molecule has 0 amide bonds. The van der Waals surface area contributed by atoms with Gasteiger partial charge in [0.1, 0.15) is 0 Å². The highest BCUT2D eigenvalue weighted by Crippen LogP contribution is 2.25. The van der Waals surface area contributed by atoms with E-state index in [4.69, 9.17) is 0 Å². The molecule has 0 aliphatic rings. The fourth-order valence-corrected chi connectivity index (χ4v) is 1.96. The van der Waals surface area contributed by atoms with Crippen LogP contribution < -0.4 is 0 Å². The Morgan fingerprint density at radius 1 is 1.05 bits per heavy atom. The Bertz CT molecular complexity index is 576. The van der Waals surface area contributed by atoms with E-state index in [0.717, 1.165) is 5.56 Å². The van der Waals surface area contributed by atoms with Crippen molar-refractivity contribution in [3.8, 4) is 0 Å². The van der Waals surface area contributed by atoms with Gasteiger partial charge in [0.2, 0.25) is 5.78 Å². The summed E-state index contributed by atoms with van der Waals surface area (Å²) in [6.45, 7) is 1.83. The van der Waals surface area contributed by atoms with E-state index in [2.05, 4.69) is 0 Å². The topological polar surface area (TPSA) is 17.1 Å². The van der Waals surface area contributed by atoms with Gasteiger partial charge in [0.05, 0.1) is 0 Å². The first-order valence-corrected chi connectivity index (χ1v) is 6.02. The van der Waals surface area contributed by atoms with Gasteiger partial charge in [-0.05, 0) is 12.5 Å². The number of Topliss-reactive ketones (excluding diaryl/α,β-unsaturated/α-hetero) is 1. The van der Waals surface area contributed by atoms with Crippen LogP contribution in [0.15, 0.2) is 54.6 Å². The van der Waals surface area contributed by atoms with Crippen molar-refractivity contribution in [1.82, 2.24) is 0 Å². The summed E-state index contributed by atoms with van der Waals surface area (Å²) >= 11 is 0. The van der Waals surface area contributed by atoms with Gasteiger partial charge in [-0.3, -0.25) is 4.79 Å². The van der Waals surface area contributed by atoms with Crippen LogP contribution in [0, 0.1) is 6.92 Å². The molecule has 0 heterocycles. The Morgan fingerprint density at radius 2 is 1.74 bits per heavy atom. The summed E-state index contributed by atoms with van der Waals surface area (Å²) in [7, 11) is 0. The second-order valence-electron chi connectivity index (χ2n) is 4.57. The van der Waals surface area contributed by atoms with Gasteiger partial charge in [0.25, 0.3) is 0 Å². The molecule has 0 atom stereocenters. The number of rotatable bonds is 4. The van der Waals surface area contributed by atoms with Crippen LogP contribution in [0.2, 0.25) is 0 Å². The number of hydrogen-bond acceptors (Lipinski definition) is 1. The van der Waals surface area contributed by atoms with E-state index in [1.165, 1.54) is 12.1 Å². The number of halogens is 2. The van der Waals surface area contributed by atoms with Crippen LogP contribution in [0.1, 0.15) is 21.5 Å². The molecular formula is C16H14F2O. The Morgan fingerprint density at radius 3 is 2.37 bits per heavy atom. The third-order valence-electron chi connectivity index (χ3n) is 2.88. The first-order chi connectivity index (χ1) is 8.99. The lowest BCUT2D eigenvalue weighted by Gasteiger charge is -2.15. The quantitative estimate of drug-likeness (QED) is 0.758. The Balaban J connectivity index is 2.21. The predicted molar refractivity (Wildman–Crippen MR) is 70.6 cm³/mol. The van der Waals surface area contributed by atoms with Gasteiger partial charge < -0.3 is 0 Å². The zero-order valence-corrected chi connectivity index (χ0v) is 10.6. The summed E-state index contributed by atoms with van der Waals surface area (Å²) in [5.41, 5.74) is 1.41. The minimum atomic E-state index is -3.38. The van der Waals surface area contributed by atoms with Gasteiger partial charge in [-0.25, -0.2) is 0 Å². The largest absolute Gasteiger partial charge is 0.313 e. The zero-order chi connectivity index (χ0) is 13.9. The fourth-order valence-electron chi connectivity index (χ4n) is 1.96. The van der Waals surface area contributed by atoms with Crippen molar-refractivity contribution < 1.29 is 13.6 Å². The summed E-state index contributed by atoms with van der Waals surface area (Å²) in [4.78, 5) is 11.8. The summed E-state index contributed by atoms with van der Waals surface area (Å²) in [5, 5.41) is 0. The molecule has 2 aromatic rings. The van der Waals surface area contributed by atoms with Crippen LogP contribution in [-0.4, -0.2) is 11.7 Å². The van der Waals surface area contributed by atoms with E-state index in [0.29, 0.717) is 5.56 Å². The lowest BCUT2D eigenvalue weighted by Crippen LogP contribution is -2.31. The zero-order valence-electron chi connectivity index (χ0n) is 10.6. The van der Waals surface area contributed by atoms with E-state index in [1.54, 1.807) is 36.4 Å². The molecule has 1 nitrogen and oxygen atoms in total. The van der Waals surface area contributed by atoms with Crippen molar-refractivity contribution in [2.24, 2.45) is 0 Å². The number of hydrogen-bond donors (Lipinski definition) is 0. The van der Waals surface area contributed by atoms with Crippen molar-refractivity contribution in [3.63, 3.8) is 0 Å². The third-order valence-corrected chi connectivity index (χ3v) is 2.88. The maximum Gasteiger partial charge on any atom is 0.313 e. The van der Waals surface area contributed by atoms with Crippen LogP contribution in [0.5, 0.6) is 0 Å². The monoisotopic (exact) mass is 260 g/mol. The summed E-state index contributed by atoms with van der Waals surface area (Å²) in [5.74, 6) is -4.51. The molecule has 0 aliphatic heterocycles. The van der Waals surface area contributed by atoms with Crippen LogP contribution >= 0.6 is 0 Å². The van der Waals surface area contributed by atoms with E-state index < -0.39 is 18.1 Å². The standard InChI is InChI=1S/C16H14F2O/c1-12-6-5-7-13(10-12)11-16(17,18)15(19)14-8-3-2-4-9-14/h2-10H,11H2,1H3. The first-order valence-electron chi connectivity index (χ1n) is 6.02.